The van der Waals surface area contributed by atoms with Crippen molar-refractivity contribution in [2.75, 3.05) is 32.9 Å². The number of hydrogen-bond acceptors (Lipinski definition) is 6. The van der Waals surface area contributed by atoms with E-state index in [0.717, 1.165) is 5.46 Å². The summed E-state index contributed by atoms with van der Waals surface area (Å²) in [6.07, 6.45) is 0. The average Bonchev–Trinajstić information content (AvgIpc) is 2.82. The van der Waals surface area contributed by atoms with E-state index in [1.165, 1.54) is 0 Å². The van der Waals surface area contributed by atoms with Gasteiger partial charge in [0.1, 0.15) is 18.1 Å². The minimum Gasteiger partial charge on any atom is -0.489 e. The molecular formula is C19H30BNO5. The Morgan fingerprint density at radius 3 is 2.15 bits per heavy atom. The van der Waals surface area contributed by atoms with E-state index in [0.29, 0.717) is 32.1 Å². The molecule has 0 aromatic heterocycles. The molecule has 0 aliphatic carbocycles. The summed E-state index contributed by atoms with van der Waals surface area (Å²) in [4.78, 5) is 1.98. The van der Waals surface area contributed by atoms with Crippen LogP contribution in [0.1, 0.15) is 34.6 Å². The number of ether oxygens (including phenoxy) is 2. The van der Waals surface area contributed by atoms with Crippen molar-refractivity contribution in [1.82, 2.24) is 4.90 Å². The monoisotopic (exact) mass is 363 g/mol. The second kappa shape index (κ2) is 7.13. The maximum atomic E-state index is 10.6. The summed E-state index contributed by atoms with van der Waals surface area (Å²) < 4.78 is 23.3. The van der Waals surface area contributed by atoms with Gasteiger partial charge < -0.3 is 23.9 Å². The minimum atomic E-state index is -1.02. The maximum Gasteiger partial charge on any atom is 0.494 e. The molecule has 6 nitrogen and oxygen atoms in total. The van der Waals surface area contributed by atoms with Crippen molar-refractivity contribution in [3.05, 3.63) is 24.3 Å². The zero-order valence-electron chi connectivity index (χ0n) is 16.4. The third kappa shape index (κ3) is 4.07. The van der Waals surface area contributed by atoms with Crippen LogP contribution in [0.4, 0.5) is 0 Å². The highest BCUT2D eigenvalue weighted by molar-refractivity contribution is 6.62. The van der Waals surface area contributed by atoms with E-state index in [4.69, 9.17) is 18.8 Å². The van der Waals surface area contributed by atoms with Crippen molar-refractivity contribution < 1.29 is 23.9 Å². The average molecular weight is 363 g/mol. The van der Waals surface area contributed by atoms with Crippen LogP contribution < -0.4 is 10.2 Å². The fourth-order valence-corrected chi connectivity index (χ4v) is 3.06. The van der Waals surface area contributed by atoms with Crippen LogP contribution in [0.5, 0.6) is 5.75 Å². The number of morpholine rings is 1. The quantitative estimate of drug-likeness (QED) is 0.799. The van der Waals surface area contributed by atoms with E-state index in [1.54, 1.807) is 6.92 Å². The highest BCUT2D eigenvalue weighted by atomic mass is 16.7. The lowest BCUT2D eigenvalue weighted by Crippen LogP contribution is -2.54. The Labute approximate surface area is 156 Å². The first-order chi connectivity index (χ1) is 12.1. The molecule has 0 saturated carbocycles. The van der Waals surface area contributed by atoms with Gasteiger partial charge in [-0.2, -0.15) is 0 Å². The highest BCUT2D eigenvalue weighted by Gasteiger charge is 2.51. The zero-order valence-corrected chi connectivity index (χ0v) is 16.4. The molecule has 2 heterocycles. The first-order valence-electron chi connectivity index (χ1n) is 9.24. The number of benzene rings is 1. The summed E-state index contributed by atoms with van der Waals surface area (Å²) in [6.45, 7) is 12.8. The van der Waals surface area contributed by atoms with Crippen molar-refractivity contribution >= 4 is 12.6 Å². The van der Waals surface area contributed by atoms with E-state index in [1.807, 2.05) is 56.9 Å². The summed E-state index contributed by atoms with van der Waals surface area (Å²) in [5.74, 6) is 0.707. The summed E-state index contributed by atoms with van der Waals surface area (Å²) in [5, 5.41) is 10.6. The molecule has 2 aliphatic heterocycles. The second-order valence-corrected chi connectivity index (χ2v) is 8.26. The van der Waals surface area contributed by atoms with Crippen molar-refractivity contribution in [1.29, 1.82) is 0 Å². The lowest BCUT2D eigenvalue weighted by Gasteiger charge is -2.38. The summed E-state index contributed by atoms with van der Waals surface area (Å²) in [6, 6.07) is 7.66. The number of aliphatic hydroxyl groups is 1. The molecule has 3 rings (SSSR count). The fourth-order valence-electron chi connectivity index (χ4n) is 3.06. The lowest BCUT2D eigenvalue weighted by atomic mass is 9.79. The normalized spacial score (nSPS) is 25.1. The van der Waals surface area contributed by atoms with Crippen LogP contribution in [0.3, 0.4) is 0 Å². The molecule has 26 heavy (non-hydrogen) atoms. The molecule has 2 fully saturated rings. The molecule has 0 amide bonds. The Morgan fingerprint density at radius 2 is 1.62 bits per heavy atom. The van der Waals surface area contributed by atoms with Gasteiger partial charge in [0.2, 0.25) is 0 Å². The molecule has 1 N–H and O–H groups in total. The molecular weight excluding hydrogens is 333 g/mol. The Hall–Kier alpha value is -1.12. The standard InChI is InChI=1S/C19H30BNO5/c1-17(2)18(3,4)26-20(25-17)15-6-8-16(9-7-15)24-14-19(5,22)21-10-12-23-13-11-21/h6-9,22H,10-14H2,1-5H3. The predicted molar refractivity (Wildman–Crippen MR) is 101 cm³/mol. The molecule has 2 saturated heterocycles. The van der Waals surface area contributed by atoms with Gasteiger partial charge in [-0.05, 0) is 52.2 Å². The van der Waals surface area contributed by atoms with Crippen LogP contribution in [0.2, 0.25) is 0 Å². The smallest absolute Gasteiger partial charge is 0.489 e. The van der Waals surface area contributed by atoms with E-state index in [-0.39, 0.29) is 24.9 Å². The molecule has 1 aromatic rings. The molecule has 1 atom stereocenters. The third-order valence-corrected chi connectivity index (χ3v) is 5.61. The van der Waals surface area contributed by atoms with Crippen molar-refractivity contribution in [2.24, 2.45) is 0 Å². The SMILES string of the molecule is CC(O)(COc1ccc(B2OC(C)(C)C(C)(C)O2)cc1)N1CCOCC1. The first-order valence-corrected chi connectivity index (χ1v) is 9.24. The van der Waals surface area contributed by atoms with Crippen molar-refractivity contribution in [3.8, 4) is 5.75 Å². The Balaban J connectivity index is 1.58. The molecule has 7 heteroatoms. The van der Waals surface area contributed by atoms with Crippen LogP contribution in [-0.2, 0) is 14.0 Å². The number of nitrogens with zero attached hydrogens (tertiary/aromatic N) is 1. The fraction of sp³-hybridized carbons (Fsp3) is 0.684. The minimum absolute atomic E-state index is 0.197. The van der Waals surface area contributed by atoms with Crippen LogP contribution in [0.25, 0.3) is 0 Å². The Bertz CT molecular complexity index is 595. The first kappa shape index (κ1) is 19.6. The van der Waals surface area contributed by atoms with Gasteiger partial charge in [-0.15, -0.1) is 0 Å². The van der Waals surface area contributed by atoms with E-state index < -0.39 is 5.72 Å². The molecule has 0 spiro atoms. The van der Waals surface area contributed by atoms with Gasteiger partial charge in [0.05, 0.1) is 24.4 Å². The molecule has 1 aromatic carbocycles. The topological polar surface area (TPSA) is 60.4 Å². The van der Waals surface area contributed by atoms with Gasteiger partial charge >= 0.3 is 7.12 Å². The van der Waals surface area contributed by atoms with Gasteiger partial charge in [0.15, 0.2) is 0 Å². The van der Waals surface area contributed by atoms with Gasteiger partial charge in [0.25, 0.3) is 0 Å². The third-order valence-electron chi connectivity index (χ3n) is 5.61. The summed E-state index contributed by atoms with van der Waals surface area (Å²) >= 11 is 0. The van der Waals surface area contributed by atoms with E-state index in [9.17, 15) is 5.11 Å². The number of rotatable bonds is 5. The maximum absolute atomic E-state index is 10.6. The largest absolute Gasteiger partial charge is 0.494 e. The Morgan fingerprint density at radius 1 is 1.08 bits per heavy atom. The Kier molecular flexibility index (Phi) is 5.39. The van der Waals surface area contributed by atoms with Gasteiger partial charge in [-0.3, -0.25) is 4.90 Å². The second-order valence-electron chi connectivity index (χ2n) is 8.26. The van der Waals surface area contributed by atoms with Crippen LogP contribution in [0, 0.1) is 0 Å². The zero-order chi connectivity index (χ0) is 19.0. The molecule has 1 unspecified atom stereocenters. The van der Waals surface area contributed by atoms with E-state index in [2.05, 4.69) is 0 Å². The molecule has 2 aliphatic rings. The predicted octanol–water partition coefficient (Wildman–Crippen LogP) is 1.41. The summed E-state index contributed by atoms with van der Waals surface area (Å²) in [7, 11) is -0.384. The van der Waals surface area contributed by atoms with Gasteiger partial charge in [0, 0.05) is 13.1 Å². The van der Waals surface area contributed by atoms with Crippen molar-refractivity contribution in [3.63, 3.8) is 0 Å². The molecule has 144 valence electrons. The van der Waals surface area contributed by atoms with Crippen LogP contribution in [0.15, 0.2) is 24.3 Å². The highest BCUT2D eigenvalue weighted by Crippen LogP contribution is 2.36. The molecule has 0 radical (unpaired) electrons. The van der Waals surface area contributed by atoms with Crippen LogP contribution >= 0.6 is 0 Å². The van der Waals surface area contributed by atoms with Crippen LogP contribution in [-0.4, -0.2) is 67.0 Å². The van der Waals surface area contributed by atoms with E-state index >= 15 is 0 Å². The van der Waals surface area contributed by atoms with Crippen molar-refractivity contribution in [2.45, 2.75) is 51.5 Å². The van der Waals surface area contributed by atoms with Gasteiger partial charge in [-0.1, -0.05) is 12.1 Å². The lowest BCUT2D eigenvalue weighted by molar-refractivity contribution is -0.147. The van der Waals surface area contributed by atoms with Gasteiger partial charge in [-0.25, -0.2) is 0 Å². The summed E-state index contributed by atoms with van der Waals surface area (Å²) in [5.41, 5.74) is -0.780. The molecule has 0 bridgehead atoms. The number of hydrogen-bond donors (Lipinski definition) is 1.